The summed E-state index contributed by atoms with van der Waals surface area (Å²) in [5, 5.41) is 2.88. The number of piperidine rings is 1. The van der Waals surface area contributed by atoms with Crippen molar-refractivity contribution in [3.8, 4) is 0 Å². The highest BCUT2D eigenvalue weighted by molar-refractivity contribution is 5.80. The number of hydrogen-bond acceptors (Lipinski definition) is 3. The van der Waals surface area contributed by atoms with Gasteiger partial charge >= 0.3 is 0 Å². The fraction of sp³-hybridized carbons (Fsp3) is 0.900. The molecule has 0 bridgehead atoms. The Morgan fingerprint density at radius 2 is 2.36 bits per heavy atom. The highest BCUT2D eigenvalue weighted by atomic mass is 16.2. The molecule has 0 aromatic heterocycles. The Morgan fingerprint density at radius 1 is 1.64 bits per heavy atom. The van der Waals surface area contributed by atoms with Crippen molar-refractivity contribution >= 4 is 5.91 Å². The highest BCUT2D eigenvalue weighted by Crippen LogP contribution is 2.13. The molecule has 0 aromatic carbocycles. The number of likely N-dealkylation sites (tertiary alicyclic amines) is 1. The number of nitrogens with one attached hydrogen (secondary N) is 1. The molecule has 0 aromatic rings. The van der Waals surface area contributed by atoms with Crippen LogP contribution in [-0.4, -0.2) is 43.0 Å². The Bertz CT molecular complexity index is 194. The third-order valence-electron chi connectivity index (χ3n) is 2.85. The summed E-state index contributed by atoms with van der Waals surface area (Å²) in [5.74, 6) is -0.0519. The third-order valence-corrected chi connectivity index (χ3v) is 2.85. The lowest BCUT2D eigenvalue weighted by molar-refractivity contribution is -0.122. The first-order chi connectivity index (χ1) is 6.61. The Balaban J connectivity index is 2.26. The van der Waals surface area contributed by atoms with Crippen LogP contribution in [-0.2, 0) is 4.79 Å². The summed E-state index contributed by atoms with van der Waals surface area (Å²) in [4.78, 5) is 13.5. The average molecular weight is 199 g/mol. The van der Waals surface area contributed by atoms with E-state index in [1.54, 1.807) is 6.92 Å². The minimum Gasteiger partial charge on any atom is -0.353 e. The van der Waals surface area contributed by atoms with Crippen molar-refractivity contribution in [1.82, 2.24) is 10.2 Å². The van der Waals surface area contributed by atoms with Gasteiger partial charge < -0.3 is 16.0 Å². The normalized spacial score (nSPS) is 25.8. The first-order valence-corrected chi connectivity index (χ1v) is 5.35. The summed E-state index contributed by atoms with van der Waals surface area (Å²) in [6.07, 6.45) is 3.72. The summed E-state index contributed by atoms with van der Waals surface area (Å²) >= 11 is 0. The molecule has 1 saturated heterocycles. The molecule has 1 amide bonds. The molecule has 2 atom stereocenters. The number of nitrogens with two attached hydrogens (primary N) is 1. The monoisotopic (exact) mass is 199 g/mol. The van der Waals surface area contributed by atoms with Gasteiger partial charge in [0.05, 0.1) is 6.04 Å². The summed E-state index contributed by atoms with van der Waals surface area (Å²) in [6.45, 7) is 3.58. The van der Waals surface area contributed by atoms with Gasteiger partial charge in [-0.25, -0.2) is 0 Å². The van der Waals surface area contributed by atoms with Crippen LogP contribution in [0.3, 0.4) is 0 Å². The topological polar surface area (TPSA) is 58.4 Å². The van der Waals surface area contributed by atoms with Gasteiger partial charge in [0.25, 0.3) is 0 Å². The van der Waals surface area contributed by atoms with Gasteiger partial charge in [-0.3, -0.25) is 4.79 Å². The predicted octanol–water partition coefficient (Wildman–Crippen LogP) is -0.0659. The van der Waals surface area contributed by atoms with E-state index < -0.39 is 6.04 Å². The molecular weight excluding hydrogens is 178 g/mol. The molecular formula is C10H21N3O. The molecule has 0 aliphatic carbocycles. The zero-order valence-electron chi connectivity index (χ0n) is 9.12. The fourth-order valence-corrected chi connectivity index (χ4v) is 1.78. The second kappa shape index (κ2) is 5.32. The number of nitrogens with zero attached hydrogens (tertiary/aromatic N) is 1. The van der Waals surface area contributed by atoms with Gasteiger partial charge in [-0.2, -0.15) is 0 Å². The maximum absolute atomic E-state index is 11.2. The number of carbonyl (C=O) groups is 1. The molecule has 1 aliphatic rings. The van der Waals surface area contributed by atoms with Gasteiger partial charge in [0.2, 0.25) is 5.91 Å². The van der Waals surface area contributed by atoms with Crippen LogP contribution in [0.4, 0.5) is 0 Å². The lowest BCUT2D eigenvalue weighted by Gasteiger charge is -2.32. The molecule has 4 heteroatoms. The molecule has 1 heterocycles. The van der Waals surface area contributed by atoms with Crippen LogP contribution >= 0.6 is 0 Å². The van der Waals surface area contributed by atoms with Crippen LogP contribution < -0.4 is 11.1 Å². The Hall–Kier alpha value is -0.610. The van der Waals surface area contributed by atoms with Crippen molar-refractivity contribution in [1.29, 1.82) is 0 Å². The minimum absolute atomic E-state index is 0.0519. The average Bonchev–Trinajstić information content (AvgIpc) is 2.16. The van der Waals surface area contributed by atoms with Gasteiger partial charge in [0.1, 0.15) is 0 Å². The highest BCUT2D eigenvalue weighted by Gasteiger charge is 2.19. The van der Waals surface area contributed by atoms with Gasteiger partial charge in [-0.1, -0.05) is 6.42 Å². The smallest absolute Gasteiger partial charge is 0.236 e. The van der Waals surface area contributed by atoms with Gasteiger partial charge in [-0.15, -0.1) is 0 Å². The second-order valence-corrected chi connectivity index (χ2v) is 4.16. The van der Waals surface area contributed by atoms with Gasteiger partial charge in [0.15, 0.2) is 0 Å². The van der Waals surface area contributed by atoms with Gasteiger partial charge in [-0.05, 0) is 33.4 Å². The van der Waals surface area contributed by atoms with E-state index in [-0.39, 0.29) is 5.91 Å². The zero-order chi connectivity index (χ0) is 10.6. The molecule has 0 saturated carbocycles. The standard InChI is InChI=1S/C10H21N3O/c1-8(11)10(14)12-7-9-5-3-4-6-13(9)2/h8-9H,3-7,11H2,1-2H3,(H,12,14)/t8?,9-/m0/s1. The van der Waals surface area contributed by atoms with E-state index in [1.165, 1.54) is 19.3 Å². The van der Waals surface area contributed by atoms with Crippen molar-refractivity contribution in [2.75, 3.05) is 20.1 Å². The van der Waals surface area contributed by atoms with E-state index in [1.807, 2.05) is 0 Å². The summed E-state index contributed by atoms with van der Waals surface area (Å²) in [6, 6.07) is 0.0929. The molecule has 1 aliphatic heterocycles. The maximum Gasteiger partial charge on any atom is 0.236 e. The molecule has 1 fully saturated rings. The minimum atomic E-state index is -0.399. The number of rotatable bonds is 3. The first kappa shape index (κ1) is 11.5. The number of likely N-dealkylation sites (N-methyl/N-ethyl adjacent to an activating group) is 1. The van der Waals surface area contributed by atoms with Crippen molar-refractivity contribution in [3.05, 3.63) is 0 Å². The number of carbonyl (C=O) groups excluding carboxylic acids is 1. The summed E-state index contributed by atoms with van der Waals surface area (Å²) in [7, 11) is 2.11. The molecule has 82 valence electrons. The molecule has 3 N–H and O–H groups in total. The lowest BCUT2D eigenvalue weighted by atomic mass is 10.0. The van der Waals surface area contributed by atoms with Crippen LogP contribution in [0.1, 0.15) is 26.2 Å². The number of hydrogen-bond donors (Lipinski definition) is 2. The molecule has 1 rings (SSSR count). The molecule has 1 unspecified atom stereocenters. The molecule has 0 radical (unpaired) electrons. The summed E-state index contributed by atoms with van der Waals surface area (Å²) in [5.41, 5.74) is 5.46. The molecule has 14 heavy (non-hydrogen) atoms. The van der Waals surface area contributed by atoms with Crippen LogP contribution in [0.5, 0.6) is 0 Å². The van der Waals surface area contributed by atoms with E-state index in [0.717, 1.165) is 13.1 Å². The Labute approximate surface area is 85.8 Å². The van der Waals surface area contributed by atoms with E-state index in [0.29, 0.717) is 6.04 Å². The number of amides is 1. The molecule has 4 nitrogen and oxygen atoms in total. The van der Waals surface area contributed by atoms with E-state index >= 15 is 0 Å². The molecule has 0 spiro atoms. The van der Waals surface area contributed by atoms with E-state index in [4.69, 9.17) is 5.73 Å². The Kier molecular flexibility index (Phi) is 4.35. The quantitative estimate of drug-likeness (QED) is 0.669. The largest absolute Gasteiger partial charge is 0.353 e. The zero-order valence-corrected chi connectivity index (χ0v) is 9.12. The first-order valence-electron chi connectivity index (χ1n) is 5.35. The lowest BCUT2D eigenvalue weighted by Crippen LogP contribution is -2.47. The third kappa shape index (κ3) is 3.27. The fourth-order valence-electron chi connectivity index (χ4n) is 1.78. The van der Waals surface area contributed by atoms with Crippen molar-refractivity contribution in [2.24, 2.45) is 5.73 Å². The van der Waals surface area contributed by atoms with E-state index in [2.05, 4.69) is 17.3 Å². The van der Waals surface area contributed by atoms with Crippen LogP contribution in [0.25, 0.3) is 0 Å². The Morgan fingerprint density at radius 3 is 2.93 bits per heavy atom. The summed E-state index contributed by atoms with van der Waals surface area (Å²) < 4.78 is 0. The van der Waals surface area contributed by atoms with Crippen molar-refractivity contribution < 1.29 is 4.79 Å². The van der Waals surface area contributed by atoms with Crippen molar-refractivity contribution in [2.45, 2.75) is 38.3 Å². The van der Waals surface area contributed by atoms with Crippen LogP contribution in [0.15, 0.2) is 0 Å². The maximum atomic E-state index is 11.2. The van der Waals surface area contributed by atoms with E-state index in [9.17, 15) is 4.79 Å². The predicted molar refractivity (Wildman–Crippen MR) is 56.9 cm³/mol. The second-order valence-electron chi connectivity index (χ2n) is 4.16. The van der Waals surface area contributed by atoms with Crippen LogP contribution in [0, 0.1) is 0 Å². The SMILES string of the molecule is CC(N)C(=O)NC[C@@H]1CCCCN1C. The van der Waals surface area contributed by atoms with Gasteiger partial charge in [0, 0.05) is 12.6 Å². The van der Waals surface area contributed by atoms with Crippen LogP contribution in [0.2, 0.25) is 0 Å². The van der Waals surface area contributed by atoms with Crippen molar-refractivity contribution in [3.63, 3.8) is 0 Å².